The second kappa shape index (κ2) is 6.35. The fourth-order valence-corrected chi connectivity index (χ4v) is 1.12. The van der Waals surface area contributed by atoms with Crippen molar-refractivity contribution in [3.8, 4) is 0 Å². The molecule has 0 rings (SSSR count). The standard InChI is InChI=1S/C9H4F13O3/c10-4(11,3(24)25-2-1-23)5(12,13)6(14,15)7(16,17)8(18,19)9(20,21)22/h1-2H2. The number of alkyl halides is 13. The van der Waals surface area contributed by atoms with Crippen LogP contribution in [0, 0.1) is 0 Å². The van der Waals surface area contributed by atoms with Crippen LogP contribution in [0.15, 0.2) is 0 Å². The van der Waals surface area contributed by atoms with E-state index in [0.717, 1.165) is 0 Å². The maximum atomic E-state index is 13.0. The molecule has 0 aromatic heterocycles. The monoisotopic (exact) mass is 407 g/mol. The molecule has 149 valence electrons. The van der Waals surface area contributed by atoms with Crippen LogP contribution < -0.4 is 0 Å². The van der Waals surface area contributed by atoms with Gasteiger partial charge in [-0.05, 0) is 0 Å². The van der Waals surface area contributed by atoms with Gasteiger partial charge in [-0.1, -0.05) is 0 Å². The normalized spacial score (nSPS) is 15.3. The largest absolute Gasteiger partial charge is 0.460 e. The lowest BCUT2D eigenvalue weighted by molar-refractivity contribution is -0.437. The molecule has 0 unspecified atom stereocenters. The highest BCUT2D eigenvalue weighted by Crippen LogP contribution is 2.60. The van der Waals surface area contributed by atoms with Crippen molar-refractivity contribution in [3.05, 3.63) is 0 Å². The molecule has 0 bridgehead atoms. The van der Waals surface area contributed by atoms with E-state index in [0.29, 0.717) is 0 Å². The Morgan fingerprint density at radius 2 is 1.00 bits per heavy atom. The van der Waals surface area contributed by atoms with E-state index in [9.17, 15) is 67.0 Å². The number of esters is 1. The van der Waals surface area contributed by atoms with Crippen LogP contribution in [0.4, 0.5) is 57.1 Å². The van der Waals surface area contributed by atoms with Crippen molar-refractivity contribution >= 4 is 5.97 Å². The highest BCUT2D eigenvalue weighted by atomic mass is 19.4. The van der Waals surface area contributed by atoms with E-state index in [1.807, 2.05) is 0 Å². The Kier molecular flexibility index (Phi) is 5.98. The topological polar surface area (TPSA) is 46.2 Å². The first kappa shape index (κ1) is 23.5. The van der Waals surface area contributed by atoms with Crippen LogP contribution in [0.1, 0.15) is 0 Å². The van der Waals surface area contributed by atoms with Gasteiger partial charge in [0.25, 0.3) is 0 Å². The van der Waals surface area contributed by atoms with E-state index in [1.165, 1.54) is 0 Å². The molecule has 0 aliphatic rings. The summed E-state index contributed by atoms with van der Waals surface area (Å²) in [5, 5.41) is 9.81. The molecule has 25 heavy (non-hydrogen) atoms. The average Bonchev–Trinajstić information content (AvgIpc) is 2.42. The van der Waals surface area contributed by atoms with Gasteiger partial charge in [0.05, 0.1) is 0 Å². The fraction of sp³-hybridized carbons (Fsp3) is 0.889. The molecule has 0 N–H and O–H groups in total. The van der Waals surface area contributed by atoms with Crippen LogP contribution in [0.2, 0.25) is 0 Å². The molecular formula is C9H4F13O3. The Balaban J connectivity index is 6.16. The maximum Gasteiger partial charge on any atom is 0.460 e. The Bertz CT molecular complexity index is 495. The molecule has 16 heteroatoms. The average molecular weight is 407 g/mol. The third-order valence-corrected chi connectivity index (χ3v) is 2.51. The first-order valence-electron chi connectivity index (χ1n) is 5.44. The van der Waals surface area contributed by atoms with Gasteiger partial charge in [-0.3, -0.25) is 0 Å². The molecule has 0 saturated heterocycles. The number of hydrogen-bond donors (Lipinski definition) is 0. The molecule has 0 aliphatic heterocycles. The zero-order valence-electron chi connectivity index (χ0n) is 11.1. The molecule has 0 aliphatic carbocycles. The van der Waals surface area contributed by atoms with Gasteiger partial charge in [0.2, 0.25) is 0 Å². The van der Waals surface area contributed by atoms with Crippen molar-refractivity contribution in [1.29, 1.82) is 0 Å². The van der Waals surface area contributed by atoms with E-state index in [1.54, 1.807) is 0 Å². The zero-order valence-corrected chi connectivity index (χ0v) is 11.1. The van der Waals surface area contributed by atoms with E-state index >= 15 is 0 Å². The van der Waals surface area contributed by atoms with Gasteiger partial charge in [-0.15, -0.1) is 0 Å². The maximum absolute atomic E-state index is 13.0. The molecule has 0 aromatic carbocycles. The summed E-state index contributed by atoms with van der Waals surface area (Å²) in [6, 6.07) is 0. The van der Waals surface area contributed by atoms with Crippen molar-refractivity contribution in [2.45, 2.75) is 35.8 Å². The van der Waals surface area contributed by atoms with Crippen LogP contribution in [-0.2, 0) is 14.6 Å². The zero-order chi connectivity index (χ0) is 20.7. The number of ether oxygens (including phenoxy) is 1. The molecular weight excluding hydrogens is 403 g/mol. The SMILES string of the molecule is [O]CCOC(=O)C(F)(F)C(F)(F)C(F)(F)C(F)(F)C(F)(F)C(F)(F)F. The third kappa shape index (κ3) is 3.31. The number of carbonyl (C=O) groups is 1. The van der Waals surface area contributed by atoms with E-state index in [-0.39, 0.29) is 0 Å². The second-order valence-corrected chi connectivity index (χ2v) is 4.21. The van der Waals surface area contributed by atoms with Crippen molar-refractivity contribution in [1.82, 2.24) is 0 Å². The van der Waals surface area contributed by atoms with E-state index in [2.05, 4.69) is 4.74 Å². The van der Waals surface area contributed by atoms with Crippen molar-refractivity contribution in [2.24, 2.45) is 0 Å². The van der Waals surface area contributed by atoms with Gasteiger partial charge in [-0.25, -0.2) is 9.90 Å². The molecule has 0 aromatic rings. The Morgan fingerprint density at radius 3 is 1.32 bits per heavy atom. The summed E-state index contributed by atoms with van der Waals surface area (Å²) < 4.78 is 167. The van der Waals surface area contributed by atoms with Gasteiger partial charge in [0.15, 0.2) is 0 Å². The number of carbonyl (C=O) groups excluding carboxylic acids is 1. The lowest BCUT2D eigenvalue weighted by atomic mass is 9.94. The molecule has 1 radical (unpaired) electrons. The first-order chi connectivity index (χ1) is 10.7. The van der Waals surface area contributed by atoms with Gasteiger partial charge in [0, 0.05) is 0 Å². The highest BCUT2D eigenvalue weighted by Gasteiger charge is 2.92. The predicted molar refractivity (Wildman–Crippen MR) is 47.3 cm³/mol. The summed E-state index contributed by atoms with van der Waals surface area (Å²) in [5.74, 6) is -42.5. The summed E-state index contributed by atoms with van der Waals surface area (Å²) >= 11 is 0. The minimum atomic E-state index is -8.09. The fourth-order valence-electron chi connectivity index (χ4n) is 1.12. The Labute approximate surface area is 128 Å². The number of rotatable bonds is 7. The van der Waals surface area contributed by atoms with Crippen LogP contribution in [-0.4, -0.2) is 55.0 Å². The van der Waals surface area contributed by atoms with Crippen LogP contribution in [0.5, 0.6) is 0 Å². The summed E-state index contributed by atoms with van der Waals surface area (Å²) in [5.41, 5.74) is 0. The van der Waals surface area contributed by atoms with Crippen LogP contribution in [0.3, 0.4) is 0 Å². The minimum absolute atomic E-state index is 1.58. The van der Waals surface area contributed by atoms with Crippen molar-refractivity contribution in [3.63, 3.8) is 0 Å². The molecule has 3 nitrogen and oxygen atoms in total. The van der Waals surface area contributed by atoms with Gasteiger partial charge < -0.3 is 4.74 Å². The Hall–Kier alpha value is -1.48. The van der Waals surface area contributed by atoms with Gasteiger partial charge >= 0.3 is 41.8 Å². The summed E-state index contributed by atoms with van der Waals surface area (Å²) in [7, 11) is 0. The van der Waals surface area contributed by atoms with Crippen LogP contribution in [0.25, 0.3) is 0 Å². The lowest BCUT2D eigenvalue weighted by Crippen LogP contribution is -2.71. The van der Waals surface area contributed by atoms with E-state index < -0.39 is 55.0 Å². The number of hydrogen-bond acceptors (Lipinski definition) is 2. The van der Waals surface area contributed by atoms with Crippen molar-refractivity contribution in [2.75, 3.05) is 13.2 Å². The van der Waals surface area contributed by atoms with Crippen molar-refractivity contribution < 1.29 is 71.7 Å². The highest BCUT2D eigenvalue weighted by molar-refractivity contribution is 5.79. The molecule has 0 spiro atoms. The summed E-state index contributed by atoms with van der Waals surface area (Å²) in [6.45, 7) is -3.21. The Morgan fingerprint density at radius 1 is 0.640 bits per heavy atom. The quantitative estimate of drug-likeness (QED) is 0.478. The van der Waals surface area contributed by atoms with E-state index in [4.69, 9.17) is 0 Å². The summed E-state index contributed by atoms with van der Waals surface area (Å²) in [4.78, 5) is 10.5. The second-order valence-electron chi connectivity index (χ2n) is 4.21. The first-order valence-corrected chi connectivity index (χ1v) is 5.44. The predicted octanol–water partition coefficient (Wildman–Crippen LogP) is 3.70. The molecule has 0 amide bonds. The lowest BCUT2D eigenvalue weighted by Gasteiger charge is -2.38. The minimum Gasteiger partial charge on any atom is -0.458 e. The molecule has 0 atom stereocenters. The smallest absolute Gasteiger partial charge is 0.458 e. The van der Waals surface area contributed by atoms with Gasteiger partial charge in [-0.2, -0.15) is 57.1 Å². The number of halogens is 13. The molecule has 0 heterocycles. The molecule has 0 fully saturated rings. The van der Waals surface area contributed by atoms with Gasteiger partial charge in [0.1, 0.15) is 13.2 Å². The van der Waals surface area contributed by atoms with Crippen LogP contribution >= 0.6 is 0 Å². The summed E-state index contributed by atoms with van der Waals surface area (Å²) in [6.07, 6.45) is -7.53. The molecule has 0 saturated carbocycles. The third-order valence-electron chi connectivity index (χ3n) is 2.51.